The average molecular weight is 774 g/mol. The topological polar surface area (TPSA) is 201 Å². The maximum absolute atomic E-state index is 14.7. The van der Waals surface area contributed by atoms with Crippen molar-refractivity contribution < 1.29 is 50.7 Å². The van der Waals surface area contributed by atoms with E-state index in [1.807, 2.05) is 17.7 Å². The number of benzene rings is 1. The molecule has 1 aromatic carbocycles. The number of aromatic nitrogens is 1. The molecule has 54 heavy (non-hydrogen) atoms. The second-order valence-electron chi connectivity index (χ2n) is 15.9. The summed E-state index contributed by atoms with van der Waals surface area (Å²) in [6.45, 7) is 9.39. The third-order valence-corrected chi connectivity index (χ3v) is 11.6. The maximum atomic E-state index is 14.7. The monoisotopic (exact) mass is 773 g/mol. The van der Waals surface area contributed by atoms with E-state index < -0.39 is 69.0 Å². The average Bonchev–Trinajstić information content (AvgIpc) is 3.98. The first-order chi connectivity index (χ1) is 25.4. The Labute approximate surface area is 315 Å². The Kier molecular flexibility index (Phi) is 11.1. The van der Waals surface area contributed by atoms with Gasteiger partial charge in [-0.05, 0) is 89.8 Å². The lowest BCUT2D eigenvalue weighted by Gasteiger charge is -2.35. The molecule has 5 atom stereocenters. The van der Waals surface area contributed by atoms with Crippen LogP contribution in [-0.4, -0.2) is 104 Å². The van der Waals surface area contributed by atoms with E-state index in [4.69, 9.17) is 23.1 Å². The normalized spacial score (nSPS) is 25.7. The van der Waals surface area contributed by atoms with Crippen LogP contribution in [0.2, 0.25) is 0 Å². The van der Waals surface area contributed by atoms with Crippen LogP contribution in [0.4, 0.5) is 4.79 Å². The highest BCUT2D eigenvalue weighted by atomic mass is 32.2. The fraction of sp³-hybridized carbons (Fsp3) is 0.649. The summed E-state index contributed by atoms with van der Waals surface area (Å²) in [6, 6.07) is 4.86. The van der Waals surface area contributed by atoms with Crippen molar-refractivity contribution in [1.82, 2.24) is 25.2 Å². The summed E-state index contributed by atoms with van der Waals surface area (Å²) < 4.78 is 55.7. The Bertz CT molecular complexity index is 1870. The van der Waals surface area contributed by atoms with Gasteiger partial charge in [-0.2, -0.15) is 8.42 Å². The Balaban J connectivity index is 1.28. The van der Waals surface area contributed by atoms with Crippen LogP contribution < -0.4 is 24.8 Å². The van der Waals surface area contributed by atoms with E-state index in [1.54, 1.807) is 59.2 Å². The van der Waals surface area contributed by atoms with Gasteiger partial charge in [0, 0.05) is 37.3 Å². The highest BCUT2D eigenvalue weighted by Gasteiger charge is 2.62. The summed E-state index contributed by atoms with van der Waals surface area (Å²) in [7, 11) is -2.90. The minimum absolute atomic E-state index is 0.0240. The zero-order valence-electron chi connectivity index (χ0n) is 31.6. The summed E-state index contributed by atoms with van der Waals surface area (Å²) in [5, 5.41) is 6.31. The number of likely N-dealkylation sites (tertiary alicyclic amines) is 1. The molecule has 1 aromatic heterocycles. The molecule has 17 heteroatoms. The summed E-state index contributed by atoms with van der Waals surface area (Å²) in [4.78, 5) is 61.6. The smallest absolute Gasteiger partial charge is 0.408 e. The van der Waals surface area contributed by atoms with E-state index in [9.17, 15) is 27.6 Å². The minimum atomic E-state index is -4.45. The molecule has 0 radical (unpaired) electrons. The van der Waals surface area contributed by atoms with Crippen molar-refractivity contribution in [3.63, 3.8) is 0 Å². The number of fused-ring (bicyclic) bond motifs is 1. The second kappa shape index (κ2) is 15.1. The van der Waals surface area contributed by atoms with Crippen molar-refractivity contribution in [3.8, 4) is 11.5 Å². The van der Waals surface area contributed by atoms with E-state index in [2.05, 4.69) is 15.6 Å². The Morgan fingerprint density at radius 3 is 2.46 bits per heavy atom. The quantitative estimate of drug-likeness (QED) is 0.269. The SMILES string of the molecule is CC[C@@H]1C[C@]1(NC(=O)[C@@H]1C[C@@H](Oc2ccnc3cc(OC)ccc23)CN1C(=O)[C@@H](NC(=O)OC(C)(C)C)C1CCOCC1)C(=O)NS(=O)(=O)OC1(C)CC1. The van der Waals surface area contributed by atoms with Gasteiger partial charge in [0.2, 0.25) is 11.8 Å². The number of hydrogen-bond acceptors (Lipinski definition) is 12. The predicted octanol–water partition coefficient (Wildman–Crippen LogP) is 3.13. The largest absolute Gasteiger partial charge is 0.497 e. The zero-order valence-corrected chi connectivity index (χ0v) is 32.5. The number of nitrogens with zero attached hydrogens (tertiary/aromatic N) is 2. The van der Waals surface area contributed by atoms with Gasteiger partial charge in [-0.15, -0.1) is 0 Å². The van der Waals surface area contributed by atoms with E-state index in [0.29, 0.717) is 67.7 Å². The van der Waals surface area contributed by atoms with E-state index in [-0.39, 0.29) is 31.2 Å². The number of carbonyl (C=O) groups excluding carboxylic acids is 4. The summed E-state index contributed by atoms with van der Waals surface area (Å²) in [6.07, 6.45) is 2.90. The molecular weight excluding hydrogens is 722 g/mol. The molecule has 2 aliphatic heterocycles. The van der Waals surface area contributed by atoms with E-state index in [1.165, 1.54) is 4.90 Å². The van der Waals surface area contributed by atoms with Gasteiger partial charge in [0.15, 0.2) is 0 Å². The number of rotatable bonds is 13. The number of pyridine rings is 1. The molecule has 16 nitrogen and oxygen atoms in total. The van der Waals surface area contributed by atoms with Crippen molar-refractivity contribution in [2.24, 2.45) is 11.8 Å². The van der Waals surface area contributed by atoms with Gasteiger partial charge in [-0.3, -0.25) is 19.4 Å². The molecule has 0 bridgehead atoms. The highest BCUT2D eigenvalue weighted by Crippen LogP contribution is 2.47. The molecule has 6 rings (SSSR count). The zero-order chi connectivity index (χ0) is 39.1. The first-order valence-electron chi connectivity index (χ1n) is 18.5. The number of hydrogen-bond donors (Lipinski definition) is 3. The van der Waals surface area contributed by atoms with Crippen molar-refractivity contribution in [2.75, 3.05) is 26.9 Å². The van der Waals surface area contributed by atoms with Crippen molar-refractivity contribution in [2.45, 2.75) is 114 Å². The third-order valence-electron chi connectivity index (χ3n) is 10.6. The van der Waals surface area contributed by atoms with Crippen LogP contribution in [0.5, 0.6) is 11.5 Å². The van der Waals surface area contributed by atoms with Crippen LogP contribution in [0.1, 0.15) is 79.6 Å². The maximum Gasteiger partial charge on any atom is 0.408 e. The van der Waals surface area contributed by atoms with Crippen molar-refractivity contribution in [3.05, 3.63) is 30.5 Å². The van der Waals surface area contributed by atoms with Gasteiger partial charge >= 0.3 is 16.4 Å². The molecule has 4 aliphatic rings. The van der Waals surface area contributed by atoms with Crippen LogP contribution >= 0.6 is 0 Å². The fourth-order valence-electron chi connectivity index (χ4n) is 7.29. The van der Waals surface area contributed by atoms with Crippen LogP contribution in [0.15, 0.2) is 30.5 Å². The number of methoxy groups -OCH3 is 1. The lowest BCUT2D eigenvalue weighted by Crippen LogP contribution is -2.59. The Morgan fingerprint density at radius 2 is 1.83 bits per heavy atom. The molecule has 0 unspecified atom stereocenters. The molecule has 296 valence electrons. The van der Waals surface area contributed by atoms with Crippen LogP contribution in [-0.2, 0) is 38.3 Å². The van der Waals surface area contributed by atoms with Gasteiger partial charge in [-0.1, -0.05) is 13.3 Å². The molecule has 3 N–H and O–H groups in total. The number of alkyl carbamates (subject to hydrolysis) is 1. The molecule has 0 spiro atoms. The van der Waals surface area contributed by atoms with Crippen molar-refractivity contribution in [1.29, 1.82) is 0 Å². The second-order valence-corrected chi connectivity index (χ2v) is 17.2. The van der Waals surface area contributed by atoms with Crippen LogP contribution in [0, 0.1) is 11.8 Å². The van der Waals surface area contributed by atoms with Gasteiger partial charge in [0.1, 0.15) is 40.8 Å². The minimum Gasteiger partial charge on any atom is -0.497 e. The Morgan fingerprint density at radius 1 is 1.11 bits per heavy atom. The van der Waals surface area contributed by atoms with Gasteiger partial charge in [0.25, 0.3) is 5.91 Å². The lowest BCUT2D eigenvalue weighted by molar-refractivity contribution is -0.142. The molecule has 4 amide bonds. The van der Waals surface area contributed by atoms with Gasteiger partial charge in [-0.25, -0.2) is 13.7 Å². The summed E-state index contributed by atoms with van der Waals surface area (Å²) >= 11 is 0. The fourth-order valence-corrected chi connectivity index (χ4v) is 8.44. The number of nitrogens with one attached hydrogen (secondary N) is 3. The number of carbonyl (C=O) groups is 4. The molecule has 3 heterocycles. The molecule has 2 saturated heterocycles. The lowest BCUT2D eigenvalue weighted by atomic mass is 9.90. The number of ether oxygens (including phenoxy) is 4. The first kappa shape index (κ1) is 39.5. The van der Waals surface area contributed by atoms with Crippen molar-refractivity contribution >= 4 is 45.0 Å². The third kappa shape index (κ3) is 9.00. The molecular formula is C37H51N5O11S. The molecule has 2 aliphatic carbocycles. The van der Waals surface area contributed by atoms with Gasteiger partial charge in [0.05, 0.1) is 24.8 Å². The van der Waals surface area contributed by atoms with Gasteiger partial charge < -0.3 is 34.5 Å². The summed E-state index contributed by atoms with van der Waals surface area (Å²) in [5.41, 5.74) is -2.61. The number of amides is 4. The van der Waals surface area contributed by atoms with E-state index in [0.717, 1.165) is 0 Å². The Hall–Kier alpha value is -4.22. The highest BCUT2D eigenvalue weighted by molar-refractivity contribution is 7.85. The summed E-state index contributed by atoms with van der Waals surface area (Å²) in [5.74, 6) is -1.64. The first-order valence-corrected chi connectivity index (χ1v) is 19.9. The van der Waals surface area contributed by atoms with Crippen LogP contribution in [0.3, 0.4) is 0 Å². The molecule has 2 saturated carbocycles. The van der Waals surface area contributed by atoms with E-state index >= 15 is 0 Å². The standard InChI is InChI=1S/C37H51N5O11S/c1-7-23-20-37(23,33(45)41-54(47,48)53-36(5)13-14-36)40-31(43)28-19-25(51-29-10-15-38-27-18-24(49-6)8-9-26(27)29)21-42(28)32(44)30(22-11-16-50-17-12-22)39-34(46)52-35(2,3)4/h8-10,15,18,22-23,25,28,30H,7,11-14,16-17,19-21H2,1-6H3,(H,39,46)(H,40,43)(H,41,45)/t23-,25-,28+,30+,37-/m1/s1. The molecule has 4 fully saturated rings. The predicted molar refractivity (Wildman–Crippen MR) is 195 cm³/mol. The van der Waals surface area contributed by atoms with Crippen LogP contribution in [0.25, 0.3) is 10.9 Å². The molecule has 2 aromatic rings.